The van der Waals surface area contributed by atoms with Crippen molar-refractivity contribution in [2.45, 2.75) is 18.9 Å². The molecular formula is C9H15N3O2. The molecule has 1 amide bonds. The lowest BCUT2D eigenvalue weighted by atomic mass is 10.3. The number of rotatable bonds is 4. The zero-order valence-electron chi connectivity index (χ0n) is 8.07. The first kappa shape index (κ1) is 11.0. The van der Waals surface area contributed by atoms with Crippen LogP contribution >= 0.6 is 0 Å². The molecule has 0 saturated carbocycles. The van der Waals surface area contributed by atoms with Crippen molar-refractivity contribution in [3.05, 3.63) is 0 Å². The van der Waals surface area contributed by atoms with Gasteiger partial charge in [0, 0.05) is 19.6 Å². The van der Waals surface area contributed by atoms with E-state index >= 15 is 0 Å². The van der Waals surface area contributed by atoms with E-state index in [-0.39, 0.29) is 12.0 Å². The van der Waals surface area contributed by atoms with E-state index < -0.39 is 0 Å². The number of hydrogen-bond acceptors (Lipinski definition) is 4. The van der Waals surface area contributed by atoms with Crippen LogP contribution in [0, 0.1) is 11.3 Å². The number of nitrogens with zero attached hydrogens (tertiary/aromatic N) is 2. The maximum Gasteiger partial charge on any atom is 0.234 e. The Morgan fingerprint density at radius 3 is 3.07 bits per heavy atom. The summed E-state index contributed by atoms with van der Waals surface area (Å²) < 4.78 is 0. The van der Waals surface area contributed by atoms with Gasteiger partial charge in [-0.3, -0.25) is 9.69 Å². The maximum absolute atomic E-state index is 11.2. The van der Waals surface area contributed by atoms with Crippen LogP contribution in [-0.4, -0.2) is 48.2 Å². The van der Waals surface area contributed by atoms with Crippen LogP contribution in [0.4, 0.5) is 0 Å². The lowest BCUT2D eigenvalue weighted by Crippen LogP contribution is -2.36. The first-order chi connectivity index (χ1) is 6.72. The molecular weight excluding hydrogens is 182 g/mol. The topological polar surface area (TPSA) is 76.4 Å². The molecule has 1 aliphatic rings. The van der Waals surface area contributed by atoms with Crippen LogP contribution in [0.3, 0.4) is 0 Å². The highest BCUT2D eigenvalue weighted by molar-refractivity contribution is 5.78. The van der Waals surface area contributed by atoms with Crippen LogP contribution in [0.1, 0.15) is 12.8 Å². The van der Waals surface area contributed by atoms with Crippen LogP contribution in [0.5, 0.6) is 0 Å². The Bertz CT molecular complexity index is 237. The van der Waals surface area contributed by atoms with E-state index in [0.29, 0.717) is 26.1 Å². The van der Waals surface area contributed by atoms with Crippen molar-refractivity contribution in [3.8, 4) is 6.07 Å². The molecule has 0 aliphatic carbocycles. The monoisotopic (exact) mass is 197 g/mol. The smallest absolute Gasteiger partial charge is 0.234 e. The van der Waals surface area contributed by atoms with Gasteiger partial charge in [-0.1, -0.05) is 0 Å². The van der Waals surface area contributed by atoms with E-state index in [4.69, 9.17) is 5.26 Å². The summed E-state index contributed by atoms with van der Waals surface area (Å²) in [6, 6.07) is 1.96. The second kappa shape index (κ2) is 5.58. The van der Waals surface area contributed by atoms with Crippen molar-refractivity contribution in [3.63, 3.8) is 0 Å². The Kier molecular flexibility index (Phi) is 4.36. The summed E-state index contributed by atoms with van der Waals surface area (Å²) in [6.07, 6.45) is 0.793. The van der Waals surface area contributed by atoms with Crippen LogP contribution in [-0.2, 0) is 4.79 Å². The van der Waals surface area contributed by atoms with E-state index in [1.165, 1.54) is 0 Å². The van der Waals surface area contributed by atoms with Crippen LogP contribution < -0.4 is 5.32 Å². The van der Waals surface area contributed by atoms with Gasteiger partial charge in [0.1, 0.15) is 0 Å². The molecule has 5 heteroatoms. The first-order valence-corrected chi connectivity index (χ1v) is 4.76. The number of hydrogen-bond donors (Lipinski definition) is 2. The number of carbonyl (C=O) groups excluding carboxylic acids is 1. The summed E-state index contributed by atoms with van der Waals surface area (Å²) in [5.41, 5.74) is 0. The molecule has 1 heterocycles. The summed E-state index contributed by atoms with van der Waals surface area (Å²) in [5, 5.41) is 20.1. The molecule has 1 atom stereocenters. The zero-order valence-corrected chi connectivity index (χ0v) is 8.07. The molecule has 78 valence electrons. The number of nitriles is 1. The highest BCUT2D eigenvalue weighted by Crippen LogP contribution is 2.07. The van der Waals surface area contributed by atoms with Crippen molar-refractivity contribution >= 4 is 5.91 Å². The average molecular weight is 197 g/mol. The Labute approximate surface area is 83.3 Å². The summed E-state index contributed by atoms with van der Waals surface area (Å²) in [5.74, 6) is -0.0747. The van der Waals surface area contributed by atoms with Crippen LogP contribution in [0.2, 0.25) is 0 Å². The number of aliphatic hydroxyl groups is 1. The Morgan fingerprint density at radius 2 is 2.50 bits per heavy atom. The predicted octanol–water partition coefficient (Wildman–Crippen LogP) is -0.917. The van der Waals surface area contributed by atoms with Gasteiger partial charge in [0.25, 0.3) is 0 Å². The summed E-state index contributed by atoms with van der Waals surface area (Å²) in [6.45, 7) is 2.08. The molecule has 2 N–H and O–H groups in total. The van der Waals surface area contributed by atoms with Gasteiger partial charge >= 0.3 is 0 Å². The lowest BCUT2D eigenvalue weighted by Gasteiger charge is -2.13. The average Bonchev–Trinajstić information content (AvgIpc) is 2.52. The largest absolute Gasteiger partial charge is 0.392 e. The standard InChI is InChI=1S/C9H15N3O2/c10-3-1-4-11-9(14)7-12-5-2-8(13)6-12/h8,13H,1-2,4-7H2,(H,11,14)/t8-/m0/s1. The van der Waals surface area contributed by atoms with E-state index in [1.54, 1.807) is 0 Å². The predicted molar refractivity (Wildman–Crippen MR) is 50.3 cm³/mol. The Balaban J connectivity index is 2.11. The fourth-order valence-electron chi connectivity index (χ4n) is 1.47. The maximum atomic E-state index is 11.2. The highest BCUT2D eigenvalue weighted by atomic mass is 16.3. The molecule has 0 aromatic heterocycles. The summed E-state index contributed by atoms with van der Waals surface area (Å²) >= 11 is 0. The van der Waals surface area contributed by atoms with Gasteiger partial charge < -0.3 is 10.4 Å². The van der Waals surface area contributed by atoms with Gasteiger partial charge in [0.05, 0.1) is 25.1 Å². The number of carbonyl (C=O) groups is 1. The number of aliphatic hydroxyl groups excluding tert-OH is 1. The minimum Gasteiger partial charge on any atom is -0.392 e. The minimum absolute atomic E-state index is 0.0747. The third-order valence-corrected chi connectivity index (χ3v) is 2.17. The lowest BCUT2D eigenvalue weighted by molar-refractivity contribution is -0.122. The number of amides is 1. The van der Waals surface area contributed by atoms with Gasteiger partial charge in [0.15, 0.2) is 0 Å². The van der Waals surface area contributed by atoms with E-state index in [0.717, 1.165) is 13.0 Å². The SMILES string of the molecule is N#CCCNC(=O)CN1CC[C@H](O)C1. The fourth-order valence-corrected chi connectivity index (χ4v) is 1.47. The second-order valence-electron chi connectivity index (χ2n) is 3.44. The van der Waals surface area contributed by atoms with Crippen molar-refractivity contribution in [2.24, 2.45) is 0 Å². The number of β-amino-alcohol motifs (C(OH)–C–C–N with tert-alkyl or cyclic N) is 1. The van der Waals surface area contributed by atoms with Gasteiger partial charge in [-0.2, -0.15) is 5.26 Å². The van der Waals surface area contributed by atoms with Crippen molar-refractivity contribution in [1.82, 2.24) is 10.2 Å². The first-order valence-electron chi connectivity index (χ1n) is 4.76. The van der Waals surface area contributed by atoms with Crippen molar-refractivity contribution < 1.29 is 9.90 Å². The number of nitrogens with one attached hydrogen (secondary N) is 1. The third kappa shape index (κ3) is 3.73. The zero-order chi connectivity index (χ0) is 10.4. The molecule has 1 fully saturated rings. The van der Waals surface area contributed by atoms with E-state index in [9.17, 15) is 9.90 Å². The van der Waals surface area contributed by atoms with Gasteiger partial charge in [-0.15, -0.1) is 0 Å². The normalized spacial score (nSPS) is 21.9. The second-order valence-corrected chi connectivity index (χ2v) is 3.44. The molecule has 0 aromatic carbocycles. The quantitative estimate of drug-likeness (QED) is 0.572. The highest BCUT2D eigenvalue weighted by Gasteiger charge is 2.21. The molecule has 0 aromatic rings. The van der Waals surface area contributed by atoms with Gasteiger partial charge in [0.2, 0.25) is 5.91 Å². The molecule has 0 radical (unpaired) electrons. The summed E-state index contributed by atoms with van der Waals surface area (Å²) in [7, 11) is 0. The molecule has 1 rings (SSSR count). The Hall–Kier alpha value is -1.12. The molecule has 1 saturated heterocycles. The van der Waals surface area contributed by atoms with Crippen LogP contribution in [0.15, 0.2) is 0 Å². The van der Waals surface area contributed by atoms with Gasteiger partial charge in [-0.25, -0.2) is 0 Å². The molecule has 5 nitrogen and oxygen atoms in total. The van der Waals surface area contributed by atoms with Crippen LogP contribution in [0.25, 0.3) is 0 Å². The van der Waals surface area contributed by atoms with Crippen molar-refractivity contribution in [1.29, 1.82) is 5.26 Å². The molecule has 0 unspecified atom stereocenters. The third-order valence-electron chi connectivity index (χ3n) is 2.17. The minimum atomic E-state index is -0.290. The van der Waals surface area contributed by atoms with E-state index in [1.807, 2.05) is 11.0 Å². The molecule has 14 heavy (non-hydrogen) atoms. The molecule has 0 spiro atoms. The summed E-state index contributed by atoms with van der Waals surface area (Å²) in [4.78, 5) is 13.1. The van der Waals surface area contributed by atoms with Gasteiger partial charge in [-0.05, 0) is 6.42 Å². The number of likely N-dealkylation sites (tertiary alicyclic amines) is 1. The molecule has 0 bridgehead atoms. The fraction of sp³-hybridized carbons (Fsp3) is 0.778. The Morgan fingerprint density at radius 1 is 1.71 bits per heavy atom. The van der Waals surface area contributed by atoms with E-state index in [2.05, 4.69) is 5.32 Å². The van der Waals surface area contributed by atoms with Crippen molar-refractivity contribution in [2.75, 3.05) is 26.2 Å². The molecule has 1 aliphatic heterocycles.